The van der Waals surface area contributed by atoms with E-state index in [2.05, 4.69) is 37.4 Å². The van der Waals surface area contributed by atoms with Gasteiger partial charge in [-0.05, 0) is 49.8 Å². The summed E-state index contributed by atoms with van der Waals surface area (Å²) in [4.78, 5) is 0. The minimum absolute atomic E-state index is 0.586. The van der Waals surface area contributed by atoms with Gasteiger partial charge in [-0.2, -0.15) is 0 Å². The molecule has 1 saturated carbocycles. The van der Waals surface area contributed by atoms with Crippen molar-refractivity contribution in [2.24, 2.45) is 5.92 Å². The fraction of sp³-hybridized carbons (Fsp3) is 0.625. The highest BCUT2D eigenvalue weighted by Crippen LogP contribution is 2.32. The van der Waals surface area contributed by atoms with Crippen molar-refractivity contribution in [1.29, 1.82) is 0 Å². The second-order valence-corrected chi connectivity index (χ2v) is 5.60. The second-order valence-electron chi connectivity index (χ2n) is 5.60. The molecule has 3 heteroatoms. The van der Waals surface area contributed by atoms with Gasteiger partial charge in [0.2, 0.25) is 0 Å². The van der Waals surface area contributed by atoms with Gasteiger partial charge in [-0.25, -0.2) is 0 Å². The zero-order valence-corrected chi connectivity index (χ0v) is 12.2. The Bertz CT molecular complexity index is 406. The molecule has 2 atom stereocenters. The van der Waals surface area contributed by atoms with Crippen LogP contribution in [-0.2, 0) is 4.74 Å². The van der Waals surface area contributed by atoms with Crippen LogP contribution in [0.1, 0.15) is 31.7 Å². The van der Waals surface area contributed by atoms with E-state index in [0.717, 1.165) is 17.4 Å². The first kappa shape index (κ1) is 14.2. The third-order valence-electron chi connectivity index (χ3n) is 3.74. The third kappa shape index (κ3) is 4.13. The Kier molecular flexibility index (Phi) is 5.08. The summed E-state index contributed by atoms with van der Waals surface area (Å²) in [7, 11) is 1.69. The van der Waals surface area contributed by atoms with E-state index < -0.39 is 0 Å². The molecule has 106 valence electrons. The van der Waals surface area contributed by atoms with E-state index in [0.29, 0.717) is 19.3 Å². The average Bonchev–Trinajstić information content (AvgIpc) is 2.78. The van der Waals surface area contributed by atoms with Crippen molar-refractivity contribution in [3.63, 3.8) is 0 Å². The largest absolute Gasteiger partial charge is 0.489 e. The highest BCUT2D eigenvalue weighted by atomic mass is 16.5. The summed E-state index contributed by atoms with van der Waals surface area (Å²) in [5, 5.41) is 3.63. The van der Waals surface area contributed by atoms with Gasteiger partial charge in [-0.1, -0.05) is 13.0 Å². The van der Waals surface area contributed by atoms with Crippen molar-refractivity contribution in [1.82, 2.24) is 0 Å². The molecule has 0 amide bonds. The molecule has 3 nitrogen and oxygen atoms in total. The van der Waals surface area contributed by atoms with Crippen LogP contribution in [0.5, 0.6) is 5.75 Å². The highest BCUT2D eigenvalue weighted by Gasteiger charge is 2.21. The van der Waals surface area contributed by atoms with Crippen LogP contribution in [0.15, 0.2) is 18.2 Å². The molecule has 1 aliphatic carbocycles. The van der Waals surface area contributed by atoms with E-state index in [9.17, 15) is 0 Å². The Morgan fingerprint density at radius 3 is 2.79 bits per heavy atom. The Hall–Kier alpha value is -1.22. The summed E-state index contributed by atoms with van der Waals surface area (Å²) in [5.41, 5.74) is 2.33. The minimum Gasteiger partial charge on any atom is -0.489 e. The van der Waals surface area contributed by atoms with Gasteiger partial charge < -0.3 is 14.8 Å². The average molecular weight is 263 g/mol. The van der Waals surface area contributed by atoms with Crippen LogP contribution < -0.4 is 10.1 Å². The molecule has 1 fully saturated rings. The van der Waals surface area contributed by atoms with Crippen molar-refractivity contribution in [2.45, 2.75) is 39.2 Å². The predicted octanol–water partition coefficient (Wildman–Crippen LogP) is 3.62. The minimum atomic E-state index is 0.586. The number of hydrogen-bond donors (Lipinski definition) is 1. The third-order valence-corrected chi connectivity index (χ3v) is 3.74. The Balaban J connectivity index is 2.01. The first-order chi connectivity index (χ1) is 9.19. The van der Waals surface area contributed by atoms with Crippen LogP contribution >= 0.6 is 0 Å². The number of nitrogens with one attached hydrogen (secondary N) is 1. The van der Waals surface area contributed by atoms with Crippen LogP contribution in [0, 0.1) is 12.8 Å². The summed E-state index contributed by atoms with van der Waals surface area (Å²) >= 11 is 0. The number of anilines is 1. The fourth-order valence-electron chi connectivity index (χ4n) is 2.66. The lowest BCUT2D eigenvalue weighted by molar-refractivity contribution is 0.146. The van der Waals surface area contributed by atoms with Crippen molar-refractivity contribution in [2.75, 3.05) is 25.6 Å². The SMILES string of the molecule is COCCOc1cc(C)ccc1NC1CCC(C)C1. The predicted molar refractivity (Wildman–Crippen MR) is 79.0 cm³/mol. The van der Waals surface area contributed by atoms with Crippen molar-refractivity contribution >= 4 is 5.69 Å². The molecule has 0 radical (unpaired) electrons. The molecule has 1 aliphatic rings. The molecule has 2 unspecified atom stereocenters. The molecule has 2 rings (SSSR count). The van der Waals surface area contributed by atoms with Crippen LogP contribution in [0.2, 0.25) is 0 Å². The van der Waals surface area contributed by atoms with Gasteiger partial charge in [0.15, 0.2) is 0 Å². The van der Waals surface area contributed by atoms with Crippen LogP contribution in [0.25, 0.3) is 0 Å². The van der Waals surface area contributed by atoms with E-state index in [-0.39, 0.29) is 0 Å². The van der Waals surface area contributed by atoms with E-state index in [1.165, 1.54) is 24.8 Å². The summed E-state index contributed by atoms with van der Waals surface area (Å²) in [5.74, 6) is 1.78. The van der Waals surface area contributed by atoms with Gasteiger partial charge in [0, 0.05) is 13.2 Å². The quantitative estimate of drug-likeness (QED) is 0.795. The Labute approximate surface area is 116 Å². The molecular formula is C16H25NO2. The first-order valence-corrected chi connectivity index (χ1v) is 7.18. The van der Waals surface area contributed by atoms with Gasteiger partial charge in [0.1, 0.15) is 12.4 Å². The normalized spacial score (nSPS) is 22.5. The number of ether oxygens (including phenoxy) is 2. The van der Waals surface area contributed by atoms with Gasteiger partial charge in [-0.3, -0.25) is 0 Å². The molecule has 0 aromatic heterocycles. The molecule has 0 heterocycles. The molecule has 0 spiro atoms. The molecule has 0 bridgehead atoms. The second kappa shape index (κ2) is 6.80. The number of benzene rings is 1. The molecule has 0 aliphatic heterocycles. The summed E-state index contributed by atoms with van der Waals surface area (Å²) in [6.07, 6.45) is 3.83. The molecular weight excluding hydrogens is 238 g/mol. The van der Waals surface area contributed by atoms with E-state index in [4.69, 9.17) is 9.47 Å². The topological polar surface area (TPSA) is 30.5 Å². The van der Waals surface area contributed by atoms with Crippen LogP contribution in [0.3, 0.4) is 0 Å². The molecule has 1 aromatic carbocycles. The van der Waals surface area contributed by atoms with Crippen molar-refractivity contribution < 1.29 is 9.47 Å². The maximum absolute atomic E-state index is 5.81. The van der Waals surface area contributed by atoms with E-state index in [1.54, 1.807) is 7.11 Å². The highest BCUT2D eigenvalue weighted by molar-refractivity contribution is 5.58. The zero-order valence-electron chi connectivity index (χ0n) is 12.2. The number of hydrogen-bond acceptors (Lipinski definition) is 3. The van der Waals surface area contributed by atoms with Crippen molar-refractivity contribution in [3.8, 4) is 5.75 Å². The molecule has 1 aromatic rings. The summed E-state index contributed by atoms with van der Waals surface area (Å²) < 4.78 is 10.8. The van der Waals surface area contributed by atoms with E-state index >= 15 is 0 Å². The molecule has 19 heavy (non-hydrogen) atoms. The summed E-state index contributed by atoms with van der Waals surface area (Å²) in [6.45, 7) is 5.63. The number of rotatable bonds is 6. The molecule has 1 N–H and O–H groups in total. The standard InChI is InChI=1S/C16H25NO2/c1-12-4-6-14(10-12)17-15-7-5-13(2)11-16(15)19-9-8-18-3/h5,7,11-12,14,17H,4,6,8-10H2,1-3H3. The van der Waals surface area contributed by atoms with Crippen LogP contribution in [0.4, 0.5) is 5.69 Å². The maximum Gasteiger partial charge on any atom is 0.142 e. The monoisotopic (exact) mass is 263 g/mol. The number of methoxy groups -OCH3 is 1. The Morgan fingerprint density at radius 1 is 1.26 bits per heavy atom. The zero-order chi connectivity index (χ0) is 13.7. The lowest BCUT2D eigenvalue weighted by Gasteiger charge is -2.18. The lowest BCUT2D eigenvalue weighted by Crippen LogP contribution is -2.16. The molecule has 0 saturated heterocycles. The maximum atomic E-state index is 5.81. The smallest absolute Gasteiger partial charge is 0.142 e. The number of aryl methyl sites for hydroxylation is 1. The fourth-order valence-corrected chi connectivity index (χ4v) is 2.66. The van der Waals surface area contributed by atoms with Crippen molar-refractivity contribution in [3.05, 3.63) is 23.8 Å². The first-order valence-electron chi connectivity index (χ1n) is 7.18. The lowest BCUT2D eigenvalue weighted by atomic mass is 10.1. The van der Waals surface area contributed by atoms with Crippen LogP contribution in [-0.4, -0.2) is 26.4 Å². The van der Waals surface area contributed by atoms with Gasteiger partial charge in [0.25, 0.3) is 0 Å². The van der Waals surface area contributed by atoms with Gasteiger partial charge in [0.05, 0.1) is 12.3 Å². The summed E-state index contributed by atoms with van der Waals surface area (Å²) in [6, 6.07) is 6.93. The van der Waals surface area contributed by atoms with Gasteiger partial charge in [-0.15, -0.1) is 0 Å². The van der Waals surface area contributed by atoms with Gasteiger partial charge >= 0.3 is 0 Å². The Morgan fingerprint density at radius 2 is 2.11 bits per heavy atom. The van der Waals surface area contributed by atoms with E-state index in [1.807, 2.05) is 0 Å².